The highest BCUT2D eigenvalue weighted by Crippen LogP contribution is 2.27. The molecule has 1 N–H and O–H groups in total. The van der Waals surface area contributed by atoms with E-state index in [4.69, 9.17) is 4.74 Å². The van der Waals surface area contributed by atoms with Gasteiger partial charge in [0.2, 0.25) is 0 Å². The molecular weight excluding hydrogens is 302 g/mol. The predicted molar refractivity (Wildman–Crippen MR) is 93.7 cm³/mol. The number of rotatable bonds is 7. The van der Waals surface area contributed by atoms with Gasteiger partial charge in [-0.1, -0.05) is 30.7 Å². The van der Waals surface area contributed by atoms with Crippen LogP contribution in [-0.2, 0) is 17.6 Å². The number of benzene rings is 2. The van der Waals surface area contributed by atoms with Crippen molar-refractivity contribution in [2.45, 2.75) is 32.1 Å². The predicted octanol–water partition coefficient (Wildman–Crippen LogP) is 3.79. The molecule has 0 unspecified atom stereocenters. The van der Waals surface area contributed by atoms with Gasteiger partial charge in [-0.15, -0.1) is 0 Å². The van der Waals surface area contributed by atoms with E-state index >= 15 is 0 Å². The largest absolute Gasteiger partial charge is 0.497 e. The number of ketones is 1. The Balaban J connectivity index is 1.48. The third kappa shape index (κ3) is 3.48. The van der Waals surface area contributed by atoms with Crippen LogP contribution in [0.4, 0.5) is 5.69 Å². The minimum absolute atomic E-state index is 0.404. The monoisotopic (exact) mass is 323 g/mol. The maximum atomic E-state index is 11.9. The zero-order chi connectivity index (χ0) is 16.9. The average molecular weight is 323 g/mol. The lowest BCUT2D eigenvalue weighted by atomic mass is 9.98. The number of hydrogen-bond donors (Lipinski definition) is 1. The Bertz CT molecular complexity index is 750. The van der Waals surface area contributed by atoms with Crippen molar-refractivity contribution in [3.8, 4) is 5.75 Å². The summed E-state index contributed by atoms with van der Waals surface area (Å²) in [6, 6.07) is 13.8. The quantitative estimate of drug-likeness (QED) is 0.623. The molecule has 0 atom stereocenters. The van der Waals surface area contributed by atoms with Crippen LogP contribution < -0.4 is 10.1 Å². The molecule has 0 fully saturated rings. The first-order chi connectivity index (χ1) is 11.7. The fraction of sp³-hybridized carbons (Fsp3) is 0.300. The van der Waals surface area contributed by atoms with E-state index in [9.17, 15) is 9.59 Å². The second kappa shape index (κ2) is 7.30. The molecule has 0 aromatic heterocycles. The first-order valence-corrected chi connectivity index (χ1v) is 8.29. The number of Topliss-reactive ketones (excluding diaryl/α,β-unsaturated/α-hetero) is 1. The molecule has 0 spiro atoms. The summed E-state index contributed by atoms with van der Waals surface area (Å²) >= 11 is 0. The second-order valence-electron chi connectivity index (χ2n) is 6.03. The van der Waals surface area contributed by atoms with Crippen molar-refractivity contribution >= 4 is 17.4 Å². The van der Waals surface area contributed by atoms with E-state index in [0.717, 1.165) is 43.4 Å². The summed E-state index contributed by atoms with van der Waals surface area (Å²) in [5.74, 6) is -0.0414. The van der Waals surface area contributed by atoms with Gasteiger partial charge in [-0.2, -0.15) is 0 Å². The number of anilines is 1. The van der Waals surface area contributed by atoms with Crippen LogP contribution in [0.3, 0.4) is 0 Å². The zero-order valence-corrected chi connectivity index (χ0v) is 13.8. The number of amides is 1. The minimum atomic E-state index is -0.517. The number of aryl methyl sites for hydroxylation is 2. The molecule has 1 aliphatic rings. The van der Waals surface area contributed by atoms with Crippen molar-refractivity contribution in [1.82, 2.24) is 0 Å². The Morgan fingerprint density at radius 1 is 0.917 bits per heavy atom. The maximum absolute atomic E-state index is 11.9. The Morgan fingerprint density at radius 2 is 1.67 bits per heavy atom. The van der Waals surface area contributed by atoms with Crippen LogP contribution in [0.5, 0.6) is 5.75 Å². The molecule has 1 heterocycles. The summed E-state index contributed by atoms with van der Waals surface area (Å²) in [6.07, 6.45) is 5.06. The first-order valence-electron chi connectivity index (χ1n) is 8.29. The van der Waals surface area contributed by atoms with E-state index < -0.39 is 11.7 Å². The SMILES string of the molecule is COc1ccc(CCCCCc2cccc3c2C(=O)C(=O)N3)cc1. The van der Waals surface area contributed by atoms with E-state index in [1.807, 2.05) is 24.3 Å². The molecule has 2 aromatic carbocycles. The van der Waals surface area contributed by atoms with Crippen molar-refractivity contribution in [2.75, 3.05) is 12.4 Å². The van der Waals surface area contributed by atoms with Crippen molar-refractivity contribution in [2.24, 2.45) is 0 Å². The van der Waals surface area contributed by atoms with Gasteiger partial charge in [-0.3, -0.25) is 9.59 Å². The Morgan fingerprint density at radius 3 is 2.42 bits per heavy atom. The molecule has 0 aliphatic carbocycles. The molecule has 1 aliphatic heterocycles. The second-order valence-corrected chi connectivity index (χ2v) is 6.03. The standard InChI is InChI=1S/C20H21NO3/c1-24-16-12-10-14(11-13-16)6-3-2-4-7-15-8-5-9-17-18(15)19(22)20(23)21-17/h5,8-13H,2-4,6-7H2,1H3,(H,21,22,23). The number of nitrogens with one attached hydrogen (secondary N) is 1. The molecule has 1 amide bonds. The minimum Gasteiger partial charge on any atom is -0.497 e. The third-order valence-corrected chi connectivity index (χ3v) is 4.40. The molecule has 24 heavy (non-hydrogen) atoms. The van der Waals surface area contributed by atoms with E-state index in [-0.39, 0.29) is 0 Å². The lowest BCUT2D eigenvalue weighted by molar-refractivity contribution is -0.112. The van der Waals surface area contributed by atoms with E-state index in [2.05, 4.69) is 17.4 Å². The van der Waals surface area contributed by atoms with Crippen LogP contribution in [0.25, 0.3) is 0 Å². The molecule has 0 bridgehead atoms. The van der Waals surface area contributed by atoms with Gasteiger partial charge >= 0.3 is 0 Å². The summed E-state index contributed by atoms with van der Waals surface area (Å²) < 4.78 is 5.16. The fourth-order valence-corrected chi connectivity index (χ4v) is 3.09. The molecule has 0 saturated carbocycles. The van der Waals surface area contributed by atoms with Gasteiger partial charge in [-0.05, 0) is 55.0 Å². The number of hydrogen-bond acceptors (Lipinski definition) is 3. The number of unbranched alkanes of at least 4 members (excludes halogenated alkanes) is 2. The van der Waals surface area contributed by atoms with Crippen LogP contribution in [-0.4, -0.2) is 18.8 Å². The molecule has 0 saturated heterocycles. The molecule has 4 nitrogen and oxygen atoms in total. The van der Waals surface area contributed by atoms with E-state index in [0.29, 0.717) is 11.3 Å². The zero-order valence-electron chi connectivity index (χ0n) is 13.8. The van der Waals surface area contributed by atoms with Gasteiger partial charge in [0.25, 0.3) is 11.7 Å². The summed E-state index contributed by atoms with van der Waals surface area (Å²) in [4.78, 5) is 23.4. The number of carbonyl (C=O) groups is 2. The van der Waals surface area contributed by atoms with Gasteiger partial charge in [-0.25, -0.2) is 0 Å². The molecule has 3 rings (SSSR count). The maximum Gasteiger partial charge on any atom is 0.296 e. The van der Waals surface area contributed by atoms with Crippen LogP contribution in [0.1, 0.15) is 40.7 Å². The summed E-state index contributed by atoms with van der Waals surface area (Å²) in [6.45, 7) is 0. The average Bonchev–Trinajstić information content (AvgIpc) is 2.90. The number of carbonyl (C=O) groups excluding carboxylic acids is 2. The smallest absolute Gasteiger partial charge is 0.296 e. The summed E-state index contributed by atoms with van der Waals surface area (Å²) in [7, 11) is 1.67. The molecule has 0 radical (unpaired) electrons. The molecule has 124 valence electrons. The van der Waals surface area contributed by atoms with Crippen LogP contribution in [0, 0.1) is 0 Å². The van der Waals surface area contributed by atoms with Gasteiger partial charge in [0.05, 0.1) is 18.4 Å². The lowest BCUT2D eigenvalue weighted by Crippen LogP contribution is -2.13. The number of methoxy groups -OCH3 is 1. The lowest BCUT2D eigenvalue weighted by Gasteiger charge is -2.07. The van der Waals surface area contributed by atoms with Crippen LogP contribution in [0.2, 0.25) is 0 Å². The van der Waals surface area contributed by atoms with Crippen LogP contribution >= 0.6 is 0 Å². The highest BCUT2D eigenvalue weighted by molar-refractivity contribution is 6.52. The number of fused-ring (bicyclic) bond motifs is 1. The summed E-state index contributed by atoms with van der Waals surface area (Å²) in [5.41, 5.74) is 3.50. The van der Waals surface area contributed by atoms with E-state index in [1.165, 1.54) is 5.56 Å². The van der Waals surface area contributed by atoms with Crippen molar-refractivity contribution < 1.29 is 14.3 Å². The molecule has 4 heteroatoms. The highest BCUT2D eigenvalue weighted by Gasteiger charge is 2.29. The Kier molecular flexibility index (Phi) is 4.94. The summed E-state index contributed by atoms with van der Waals surface area (Å²) in [5, 5.41) is 2.62. The van der Waals surface area contributed by atoms with Crippen molar-refractivity contribution in [3.05, 3.63) is 59.2 Å². The van der Waals surface area contributed by atoms with Crippen molar-refractivity contribution in [1.29, 1.82) is 0 Å². The van der Waals surface area contributed by atoms with Gasteiger partial charge < -0.3 is 10.1 Å². The topological polar surface area (TPSA) is 55.4 Å². The Hall–Kier alpha value is -2.62. The van der Waals surface area contributed by atoms with E-state index in [1.54, 1.807) is 13.2 Å². The third-order valence-electron chi connectivity index (χ3n) is 4.40. The first kappa shape index (κ1) is 16.2. The Labute approximate surface area is 141 Å². The van der Waals surface area contributed by atoms with Crippen LogP contribution in [0.15, 0.2) is 42.5 Å². The normalized spacial score (nSPS) is 12.9. The van der Waals surface area contributed by atoms with Gasteiger partial charge in [0, 0.05) is 0 Å². The fourth-order valence-electron chi connectivity index (χ4n) is 3.09. The van der Waals surface area contributed by atoms with Gasteiger partial charge in [0.15, 0.2) is 0 Å². The van der Waals surface area contributed by atoms with Gasteiger partial charge in [0.1, 0.15) is 5.75 Å². The number of ether oxygens (including phenoxy) is 1. The molecule has 2 aromatic rings. The van der Waals surface area contributed by atoms with Crippen molar-refractivity contribution in [3.63, 3.8) is 0 Å². The highest BCUT2D eigenvalue weighted by atomic mass is 16.5. The molecular formula is C20H21NO3.